The maximum Gasteiger partial charge on any atom is 0.0348 e. The van der Waals surface area contributed by atoms with E-state index < -0.39 is 0 Å². The molecule has 0 radical (unpaired) electrons. The number of nitrogens with zero attached hydrogens (tertiary/aromatic N) is 1. The van der Waals surface area contributed by atoms with Gasteiger partial charge in [-0.15, -0.1) is 6.42 Å². The Labute approximate surface area is 119 Å². The van der Waals surface area contributed by atoms with Crippen LogP contribution in [0.2, 0.25) is 0 Å². The van der Waals surface area contributed by atoms with Gasteiger partial charge in [-0.05, 0) is 26.6 Å². The molecule has 0 amide bonds. The molecule has 1 unspecified atom stereocenters. The number of hydrogen-bond donors (Lipinski definition) is 0. The first-order chi connectivity index (χ1) is 7.65. The molecule has 88 valence electrons. The predicted octanol–water partition coefficient (Wildman–Crippen LogP) is 3.15. The molecule has 0 aromatic heterocycles. The van der Waals surface area contributed by atoms with E-state index >= 15 is 0 Å². The van der Waals surface area contributed by atoms with Crippen LogP contribution in [0.3, 0.4) is 0 Å². The third-order valence-corrected chi connectivity index (χ3v) is 3.45. The van der Waals surface area contributed by atoms with Crippen LogP contribution in [0.15, 0.2) is 48.1 Å². The zero-order valence-electron chi connectivity index (χ0n) is 10.7. The van der Waals surface area contributed by atoms with Gasteiger partial charge in [0.25, 0.3) is 0 Å². The van der Waals surface area contributed by atoms with Crippen molar-refractivity contribution >= 4 is 0 Å². The Bertz CT molecular complexity index is 420. The van der Waals surface area contributed by atoms with Crippen molar-refractivity contribution in [1.82, 2.24) is 4.90 Å². The molecule has 0 N–H and O–H groups in total. The third-order valence-electron chi connectivity index (χ3n) is 3.45. The average Bonchev–Trinajstić information content (AvgIpc) is 2.82. The van der Waals surface area contributed by atoms with Gasteiger partial charge in [0.15, 0.2) is 0 Å². The largest absolute Gasteiger partial charge is 0.299 e. The van der Waals surface area contributed by atoms with Gasteiger partial charge >= 0.3 is 0 Å². The van der Waals surface area contributed by atoms with Crippen molar-refractivity contribution in [3.63, 3.8) is 0 Å². The number of benzene rings is 1. The molecule has 1 aliphatic rings. The summed E-state index contributed by atoms with van der Waals surface area (Å²) in [4.78, 5) is 2.25. The second-order valence-corrected chi connectivity index (χ2v) is 4.53. The smallest absolute Gasteiger partial charge is 0.0348 e. The summed E-state index contributed by atoms with van der Waals surface area (Å²) in [7, 11) is 4.24. The molecule has 2 rings (SSSR count). The van der Waals surface area contributed by atoms with Crippen LogP contribution in [0.5, 0.6) is 0 Å². The van der Waals surface area contributed by atoms with Crippen molar-refractivity contribution in [3.05, 3.63) is 59.7 Å². The molecule has 0 aliphatic heterocycles. The topological polar surface area (TPSA) is 3.24 Å². The SMILES string of the molecule is CN(C)C(C)(C1=[C-]CC=C1)c1ccccc1.[Ti]. The normalized spacial score (nSPS) is 17.5. The molecule has 0 saturated carbocycles. The second-order valence-electron chi connectivity index (χ2n) is 4.53. The van der Waals surface area contributed by atoms with Crippen LogP contribution in [0.25, 0.3) is 0 Å². The summed E-state index contributed by atoms with van der Waals surface area (Å²) in [6.45, 7) is 2.25. The van der Waals surface area contributed by atoms with E-state index in [-0.39, 0.29) is 27.3 Å². The van der Waals surface area contributed by atoms with Gasteiger partial charge in [-0.2, -0.15) is 11.6 Å². The molecule has 1 nitrogen and oxygen atoms in total. The minimum atomic E-state index is -0.0751. The fourth-order valence-corrected chi connectivity index (χ4v) is 2.16. The minimum Gasteiger partial charge on any atom is -0.299 e. The molecular weight excluding hydrogens is 242 g/mol. The molecule has 2 heteroatoms. The Balaban J connectivity index is 0.00000144. The van der Waals surface area contributed by atoms with Crippen molar-refractivity contribution < 1.29 is 21.7 Å². The molecule has 17 heavy (non-hydrogen) atoms. The molecule has 1 atom stereocenters. The summed E-state index contributed by atoms with van der Waals surface area (Å²) in [6, 6.07) is 10.6. The molecule has 0 bridgehead atoms. The summed E-state index contributed by atoms with van der Waals surface area (Å²) in [5, 5.41) is 0. The van der Waals surface area contributed by atoms with Gasteiger partial charge in [0, 0.05) is 27.3 Å². The van der Waals surface area contributed by atoms with Crippen molar-refractivity contribution in [2.45, 2.75) is 18.9 Å². The van der Waals surface area contributed by atoms with E-state index in [9.17, 15) is 0 Å². The Morgan fingerprint density at radius 2 is 1.82 bits per heavy atom. The summed E-state index contributed by atoms with van der Waals surface area (Å²) in [5.74, 6) is 0. The van der Waals surface area contributed by atoms with Crippen LogP contribution in [-0.2, 0) is 27.3 Å². The number of allylic oxidation sites excluding steroid dienone is 2. The molecule has 0 fully saturated rings. The Morgan fingerprint density at radius 1 is 1.18 bits per heavy atom. The number of hydrogen-bond acceptors (Lipinski definition) is 1. The van der Waals surface area contributed by atoms with Crippen molar-refractivity contribution in [3.8, 4) is 0 Å². The number of likely N-dealkylation sites (N-methyl/N-ethyl adjacent to an activating group) is 1. The van der Waals surface area contributed by atoms with Gasteiger partial charge in [0.2, 0.25) is 0 Å². The minimum absolute atomic E-state index is 0. The standard InChI is InChI=1S/C15H18N.Ti/c1-15(16(2)3,14-11-7-8-12-14)13-9-5-4-6-10-13;/h4-7,9-11H,8H2,1-3H3;/q-1;. The average molecular weight is 260 g/mol. The van der Waals surface area contributed by atoms with Gasteiger partial charge < -0.3 is 0 Å². The van der Waals surface area contributed by atoms with Crippen LogP contribution in [0.4, 0.5) is 0 Å². The fourth-order valence-electron chi connectivity index (χ4n) is 2.16. The Hall–Kier alpha value is -0.626. The Kier molecular flexibility index (Phi) is 4.94. The predicted molar refractivity (Wildman–Crippen MR) is 68.0 cm³/mol. The Morgan fingerprint density at radius 3 is 2.29 bits per heavy atom. The summed E-state index contributed by atoms with van der Waals surface area (Å²) >= 11 is 0. The van der Waals surface area contributed by atoms with E-state index in [4.69, 9.17) is 0 Å². The van der Waals surface area contributed by atoms with Gasteiger partial charge in [0.05, 0.1) is 0 Å². The molecule has 0 heterocycles. The maximum atomic E-state index is 3.44. The zero-order chi connectivity index (χ0) is 11.6. The van der Waals surface area contributed by atoms with Gasteiger partial charge in [0.1, 0.15) is 0 Å². The first-order valence-corrected chi connectivity index (χ1v) is 5.66. The fraction of sp³-hybridized carbons (Fsp3) is 0.333. The summed E-state index contributed by atoms with van der Waals surface area (Å²) in [5.41, 5.74) is 2.51. The van der Waals surface area contributed by atoms with Crippen molar-refractivity contribution in [1.29, 1.82) is 0 Å². The van der Waals surface area contributed by atoms with Gasteiger partial charge in [-0.3, -0.25) is 11.0 Å². The zero-order valence-corrected chi connectivity index (χ0v) is 12.3. The van der Waals surface area contributed by atoms with E-state index in [1.54, 1.807) is 0 Å². The molecule has 0 spiro atoms. The van der Waals surface area contributed by atoms with Crippen molar-refractivity contribution in [2.24, 2.45) is 0 Å². The van der Waals surface area contributed by atoms with Crippen LogP contribution >= 0.6 is 0 Å². The molecular formula is C15H18NTi-. The van der Waals surface area contributed by atoms with Crippen LogP contribution in [-0.4, -0.2) is 19.0 Å². The van der Waals surface area contributed by atoms with Gasteiger partial charge in [-0.1, -0.05) is 30.3 Å². The maximum absolute atomic E-state index is 3.44. The quantitative estimate of drug-likeness (QED) is 0.596. The molecule has 1 aliphatic carbocycles. The first-order valence-electron chi connectivity index (χ1n) is 5.66. The van der Waals surface area contributed by atoms with Crippen LogP contribution < -0.4 is 0 Å². The van der Waals surface area contributed by atoms with Gasteiger partial charge in [-0.25, -0.2) is 6.08 Å². The van der Waals surface area contributed by atoms with E-state index in [0.29, 0.717) is 0 Å². The van der Waals surface area contributed by atoms with E-state index in [0.717, 1.165) is 6.42 Å². The molecule has 1 aromatic carbocycles. The van der Waals surface area contributed by atoms with Crippen LogP contribution in [0.1, 0.15) is 18.9 Å². The van der Waals surface area contributed by atoms with Crippen molar-refractivity contribution in [2.75, 3.05) is 14.1 Å². The van der Waals surface area contributed by atoms with E-state index in [1.165, 1.54) is 11.1 Å². The third kappa shape index (κ3) is 2.62. The summed E-state index contributed by atoms with van der Waals surface area (Å²) < 4.78 is 0. The number of rotatable bonds is 3. The first kappa shape index (κ1) is 14.4. The molecule has 1 aromatic rings. The summed E-state index contributed by atoms with van der Waals surface area (Å²) in [6.07, 6.45) is 8.73. The van der Waals surface area contributed by atoms with E-state index in [1.807, 2.05) is 0 Å². The molecule has 0 saturated heterocycles. The second kappa shape index (κ2) is 5.81. The van der Waals surface area contributed by atoms with Crippen LogP contribution in [0, 0.1) is 6.08 Å². The monoisotopic (exact) mass is 260 g/mol. The van der Waals surface area contributed by atoms with E-state index in [2.05, 4.69) is 74.5 Å².